The Morgan fingerprint density at radius 2 is 1.67 bits per heavy atom. The van der Waals surface area contributed by atoms with Crippen LogP contribution >= 0.6 is 0 Å². The predicted octanol–water partition coefficient (Wildman–Crippen LogP) is 4.39. The van der Waals surface area contributed by atoms with Gasteiger partial charge in [-0.3, -0.25) is 0 Å². The molecule has 0 atom stereocenters. The van der Waals surface area contributed by atoms with Crippen molar-refractivity contribution >= 4 is 12.0 Å². The van der Waals surface area contributed by atoms with Gasteiger partial charge in [0.15, 0.2) is 0 Å². The van der Waals surface area contributed by atoms with Crippen molar-refractivity contribution in [3.63, 3.8) is 0 Å². The zero-order valence-electron chi connectivity index (χ0n) is 14.1. The molecule has 0 saturated heterocycles. The Labute approximate surface area is 127 Å². The van der Waals surface area contributed by atoms with Gasteiger partial charge in [0, 0.05) is 17.2 Å². The molecule has 116 valence electrons. The number of aliphatic carboxylic acids is 1. The number of carbonyl (C=O) groups is 1. The molecule has 0 aliphatic heterocycles. The Kier molecular flexibility index (Phi) is 4.87. The summed E-state index contributed by atoms with van der Waals surface area (Å²) in [7, 11) is 1.62. The molecule has 0 bridgehead atoms. The van der Waals surface area contributed by atoms with E-state index in [-0.39, 0.29) is 10.8 Å². The van der Waals surface area contributed by atoms with Crippen LogP contribution in [0.2, 0.25) is 0 Å². The zero-order chi connectivity index (χ0) is 16.4. The van der Waals surface area contributed by atoms with Crippen LogP contribution in [0.4, 0.5) is 0 Å². The molecule has 0 amide bonds. The third-order valence-electron chi connectivity index (χ3n) is 3.40. The van der Waals surface area contributed by atoms with Crippen molar-refractivity contribution in [2.24, 2.45) is 0 Å². The molecule has 0 heterocycles. The maximum Gasteiger partial charge on any atom is 0.328 e. The van der Waals surface area contributed by atoms with Gasteiger partial charge in [0.2, 0.25) is 0 Å². The Morgan fingerprint density at radius 3 is 2.05 bits per heavy atom. The maximum absolute atomic E-state index is 10.8. The lowest BCUT2D eigenvalue weighted by molar-refractivity contribution is -0.131. The van der Waals surface area contributed by atoms with Crippen molar-refractivity contribution in [1.82, 2.24) is 0 Å². The number of rotatable bonds is 3. The van der Waals surface area contributed by atoms with Crippen LogP contribution in [0.15, 0.2) is 18.2 Å². The SMILES string of the molecule is COc1c(/C=C/C(=O)O)cc(C(C)(C)C)cc1C(C)(C)C. The van der Waals surface area contributed by atoms with E-state index in [0.29, 0.717) is 0 Å². The molecule has 1 aromatic carbocycles. The number of benzene rings is 1. The number of ether oxygens (including phenoxy) is 1. The van der Waals surface area contributed by atoms with E-state index in [2.05, 4.69) is 47.6 Å². The molecule has 0 radical (unpaired) electrons. The van der Waals surface area contributed by atoms with E-state index >= 15 is 0 Å². The van der Waals surface area contributed by atoms with Crippen LogP contribution in [0.3, 0.4) is 0 Å². The van der Waals surface area contributed by atoms with E-state index in [4.69, 9.17) is 9.84 Å². The first kappa shape index (κ1) is 17.3. The second-order valence-corrected chi connectivity index (χ2v) is 7.32. The topological polar surface area (TPSA) is 46.5 Å². The molecule has 0 aromatic heterocycles. The lowest BCUT2D eigenvalue weighted by atomic mass is 9.79. The van der Waals surface area contributed by atoms with E-state index in [1.807, 2.05) is 6.07 Å². The lowest BCUT2D eigenvalue weighted by Gasteiger charge is -2.28. The second-order valence-electron chi connectivity index (χ2n) is 7.32. The fraction of sp³-hybridized carbons (Fsp3) is 0.500. The van der Waals surface area contributed by atoms with Gasteiger partial charge in [-0.25, -0.2) is 4.79 Å². The first-order chi connectivity index (χ1) is 9.46. The van der Waals surface area contributed by atoms with Crippen LogP contribution in [-0.4, -0.2) is 18.2 Å². The smallest absolute Gasteiger partial charge is 0.328 e. The van der Waals surface area contributed by atoms with Crippen molar-refractivity contribution < 1.29 is 14.6 Å². The van der Waals surface area contributed by atoms with Crippen LogP contribution in [0.25, 0.3) is 6.08 Å². The molecule has 21 heavy (non-hydrogen) atoms. The largest absolute Gasteiger partial charge is 0.496 e. The Bertz CT molecular complexity index is 555. The molecule has 3 nitrogen and oxygen atoms in total. The van der Waals surface area contributed by atoms with Crippen LogP contribution in [0.1, 0.15) is 58.2 Å². The fourth-order valence-corrected chi connectivity index (χ4v) is 2.15. The summed E-state index contributed by atoms with van der Waals surface area (Å²) in [5.74, 6) is -0.219. The highest BCUT2D eigenvalue weighted by Crippen LogP contribution is 2.38. The molecule has 0 aliphatic carbocycles. The summed E-state index contributed by atoms with van der Waals surface area (Å²) in [6.07, 6.45) is 2.75. The van der Waals surface area contributed by atoms with Crippen molar-refractivity contribution in [3.05, 3.63) is 34.9 Å². The molecule has 1 N–H and O–H groups in total. The first-order valence-corrected chi connectivity index (χ1v) is 7.11. The molecule has 0 spiro atoms. The quantitative estimate of drug-likeness (QED) is 0.840. The summed E-state index contributed by atoms with van der Waals surface area (Å²) in [5, 5.41) is 8.87. The highest BCUT2D eigenvalue weighted by molar-refractivity contribution is 5.86. The summed E-state index contributed by atoms with van der Waals surface area (Å²) in [4.78, 5) is 10.8. The van der Waals surface area contributed by atoms with Gasteiger partial charge in [-0.05, 0) is 28.5 Å². The number of hydrogen-bond donors (Lipinski definition) is 1. The second kappa shape index (κ2) is 5.92. The van der Waals surface area contributed by atoms with Gasteiger partial charge < -0.3 is 9.84 Å². The lowest BCUT2D eigenvalue weighted by Crippen LogP contribution is -2.18. The normalized spacial score (nSPS) is 12.7. The summed E-state index contributed by atoms with van der Waals surface area (Å²) < 4.78 is 5.56. The molecule has 0 unspecified atom stereocenters. The van der Waals surface area contributed by atoms with E-state index in [0.717, 1.165) is 23.0 Å². The highest BCUT2D eigenvalue weighted by atomic mass is 16.5. The van der Waals surface area contributed by atoms with E-state index in [1.165, 1.54) is 5.56 Å². The fourth-order valence-electron chi connectivity index (χ4n) is 2.15. The van der Waals surface area contributed by atoms with Gasteiger partial charge in [-0.1, -0.05) is 47.6 Å². The van der Waals surface area contributed by atoms with Gasteiger partial charge in [-0.2, -0.15) is 0 Å². The first-order valence-electron chi connectivity index (χ1n) is 7.11. The van der Waals surface area contributed by atoms with Crippen LogP contribution in [-0.2, 0) is 15.6 Å². The van der Waals surface area contributed by atoms with E-state index in [1.54, 1.807) is 13.2 Å². The predicted molar refractivity (Wildman–Crippen MR) is 87.1 cm³/mol. The molecule has 3 heteroatoms. The van der Waals surface area contributed by atoms with Crippen molar-refractivity contribution in [2.75, 3.05) is 7.11 Å². The van der Waals surface area contributed by atoms with E-state index < -0.39 is 5.97 Å². The molecule has 1 rings (SSSR count). The molecule has 0 aliphatic rings. The van der Waals surface area contributed by atoms with Crippen molar-refractivity contribution in [2.45, 2.75) is 52.4 Å². The van der Waals surface area contributed by atoms with Gasteiger partial charge >= 0.3 is 5.97 Å². The number of carboxylic acid groups (broad SMARTS) is 1. The van der Waals surface area contributed by atoms with Crippen LogP contribution < -0.4 is 4.74 Å². The summed E-state index contributed by atoms with van der Waals surface area (Å²) in [6.45, 7) is 12.8. The highest BCUT2D eigenvalue weighted by Gasteiger charge is 2.25. The number of hydrogen-bond acceptors (Lipinski definition) is 2. The third-order valence-corrected chi connectivity index (χ3v) is 3.40. The summed E-state index contributed by atoms with van der Waals surface area (Å²) in [6, 6.07) is 4.17. The van der Waals surface area contributed by atoms with E-state index in [9.17, 15) is 4.79 Å². The Morgan fingerprint density at radius 1 is 1.10 bits per heavy atom. The van der Waals surface area contributed by atoms with Gasteiger partial charge in [-0.15, -0.1) is 0 Å². The summed E-state index contributed by atoms with van der Waals surface area (Å²) in [5.41, 5.74) is 2.95. The van der Waals surface area contributed by atoms with Crippen LogP contribution in [0, 0.1) is 0 Å². The minimum atomic E-state index is -0.962. The average molecular weight is 290 g/mol. The maximum atomic E-state index is 10.8. The van der Waals surface area contributed by atoms with Crippen LogP contribution in [0.5, 0.6) is 5.75 Å². The van der Waals surface area contributed by atoms with Gasteiger partial charge in [0.05, 0.1) is 7.11 Å². The zero-order valence-corrected chi connectivity index (χ0v) is 14.1. The van der Waals surface area contributed by atoms with Crippen molar-refractivity contribution in [3.8, 4) is 5.75 Å². The average Bonchev–Trinajstić information content (AvgIpc) is 2.32. The molecular weight excluding hydrogens is 264 g/mol. The minimum Gasteiger partial charge on any atom is -0.496 e. The molecule has 0 saturated carbocycles. The monoisotopic (exact) mass is 290 g/mol. The third kappa shape index (κ3) is 4.35. The van der Waals surface area contributed by atoms with Gasteiger partial charge in [0.1, 0.15) is 5.75 Å². The van der Waals surface area contributed by atoms with Gasteiger partial charge in [0.25, 0.3) is 0 Å². The Hall–Kier alpha value is -1.77. The van der Waals surface area contributed by atoms with Crippen molar-refractivity contribution in [1.29, 1.82) is 0 Å². The molecule has 0 fully saturated rings. The number of carboxylic acids is 1. The molecular formula is C18H26O3. The molecule has 1 aromatic rings. The number of methoxy groups -OCH3 is 1. The Balaban J connectivity index is 3.64. The minimum absolute atomic E-state index is 0.0158. The summed E-state index contributed by atoms with van der Waals surface area (Å²) >= 11 is 0. The standard InChI is InChI=1S/C18H26O3/c1-17(2,3)13-10-12(8-9-15(19)20)16(21-7)14(11-13)18(4,5)6/h8-11H,1-7H3,(H,19,20)/b9-8+.